The van der Waals surface area contributed by atoms with E-state index in [0.717, 1.165) is 0 Å². The van der Waals surface area contributed by atoms with Gasteiger partial charge in [0.25, 0.3) is 0 Å². The van der Waals surface area contributed by atoms with Crippen LogP contribution in [0.1, 0.15) is 10.4 Å². The number of esters is 1. The molecule has 0 atom stereocenters. The van der Waals surface area contributed by atoms with Crippen molar-refractivity contribution in [3.05, 3.63) is 46.3 Å². The Hall–Kier alpha value is -1.85. The van der Waals surface area contributed by atoms with Crippen LogP contribution in [0.4, 0.5) is 11.5 Å². The van der Waals surface area contributed by atoms with Crippen LogP contribution >= 0.6 is 23.2 Å². The molecule has 2 rings (SSSR count). The Morgan fingerprint density at radius 2 is 2.05 bits per heavy atom. The molecule has 5 nitrogen and oxygen atoms in total. The molecule has 0 spiro atoms. The van der Waals surface area contributed by atoms with Crippen LogP contribution in [-0.2, 0) is 4.74 Å². The van der Waals surface area contributed by atoms with Crippen molar-refractivity contribution in [1.82, 2.24) is 9.97 Å². The zero-order valence-corrected chi connectivity index (χ0v) is 11.4. The largest absolute Gasteiger partial charge is 0.465 e. The predicted octanol–water partition coefficient (Wildman–Crippen LogP) is 3.31. The van der Waals surface area contributed by atoms with E-state index in [-0.39, 0.29) is 5.28 Å². The van der Waals surface area contributed by atoms with E-state index >= 15 is 0 Å². The highest BCUT2D eigenvalue weighted by Crippen LogP contribution is 2.26. The fraction of sp³-hybridized carbons (Fsp3) is 0.0833. The lowest BCUT2D eigenvalue weighted by Gasteiger charge is -2.10. The summed E-state index contributed by atoms with van der Waals surface area (Å²) in [6.45, 7) is 0. The summed E-state index contributed by atoms with van der Waals surface area (Å²) in [5.41, 5.74) is 0.891. The van der Waals surface area contributed by atoms with Crippen LogP contribution in [0.5, 0.6) is 0 Å². The van der Waals surface area contributed by atoms with Crippen LogP contribution < -0.4 is 5.32 Å². The van der Waals surface area contributed by atoms with Gasteiger partial charge in [-0.25, -0.2) is 9.78 Å². The number of anilines is 2. The number of rotatable bonds is 3. The summed E-state index contributed by atoms with van der Waals surface area (Å²) in [4.78, 5) is 19.3. The highest BCUT2D eigenvalue weighted by atomic mass is 35.5. The molecule has 0 aliphatic heterocycles. The highest BCUT2D eigenvalue weighted by molar-refractivity contribution is 6.33. The van der Waals surface area contributed by atoms with Gasteiger partial charge in [0.2, 0.25) is 5.28 Å². The molecule has 2 aromatic rings. The molecule has 1 aromatic carbocycles. The third-order valence-corrected chi connectivity index (χ3v) is 2.76. The molecule has 0 saturated heterocycles. The summed E-state index contributed by atoms with van der Waals surface area (Å²) < 4.78 is 4.70. The summed E-state index contributed by atoms with van der Waals surface area (Å²) in [6.07, 6.45) is 1.37. The predicted molar refractivity (Wildman–Crippen MR) is 73.1 cm³/mol. The minimum atomic E-state index is -0.459. The number of carbonyl (C=O) groups is 1. The SMILES string of the molecule is COC(=O)c1ccccc1Nc1nc(Cl)ncc1Cl. The molecule has 98 valence electrons. The van der Waals surface area contributed by atoms with Crippen molar-refractivity contribution in [2.75, 3.05) is 12.4 Å². The molecular weight excluding hydrogens is 289 g/mol. The number of aromatic nitrogens is 2. The average Bonchev–Trinajstić information content (AvgIpc) is 2.42. The Labute approximate surface area is 119 Å². The van der Waals surface area contributed by atoms with Crippen molar-refractivity contribution in [2.24, 2.45) is 0 Å². The molecule has 0 amide bonds. The summed E-state index contributed by atoms with van der Waals surface area (Å²) in [5, 5.41) is 3.28. The highest BCUT2D eigenvalue weighted by Gasteiger charge is 2.13. The molecule has 0 aliphatic carbocycles. The molecule has 7 heteroatoms. The fourth-order valence-electron chi connectivity index (χ4n) is 1.44. The first-order valence-electron chi connectivity index (χ1n) is 5.24. The van der Waals surface area contributed by atoms with Gasteiger partial charge in [-0.3, -0.25) is 0 Å². The van der Waals surface area contributed by atoms with E-state index in [1.807, 2.05) is 0 Å². The van der Waals surface area contributed by atoms with Crippen LogP contribution in [0.15, 0.2) is 30.5 Å². The minimum absolute atomic E-state index is 0.0578. The number of benzene rings is 1. The number of halogens is 2. The van der Waals surface area contributed by atoms with Crippen molar-refractivity contribution >= 4 is 40.7 Å². The first-order chi connectivity index (χ1) is 9.11. The second-order valence-corrected chi connectivity index (χ2v) is 4.24. The van der Waals surface area contributed by atoms with Crippen LogP contribution in [0.25, 0.3) is 0 Å². The summed E-state index contributed by atoms with van der Waals surface area (Å²) in [5.74, 6) is -0.141. The molecule has 0 fully saturated rings. The molecule has 19 heavy (non-hydrogen) atoms. The van der Waals surface area contributed by atoms with E-state index in [1.54, 1.807) is 24.3 Å². The molecule has 0 radical (unpaired) electrons. The van der Waals surface area contributed by atoms with Crippen molar-refractivity contribution in [1.29, 1.82) is 0 Å². The van der Waals surface area contributed by atoms with E-state index in [2.05, 4.69) is 15.3 Å². The summed E-state index contributed by atoms with van der Waals surface area (Å²) in [7, 11) is 1.31. The van der Waals surface area contributed by atoms with Gasteiger partial charge in [-0.15, -0.1) is 0 Å². The third kappa shape index (κ3) is 3.13. The number of nitrogens with one attached hydrogen (secondary N) is 1. The second kappa shape index (κ2) is 5.86. The van der Waals surface area contributed by atoms with Gasteiger partial charge in [-0.05, 0) is 23.7 Å². The maximum atomic E-state index is 11.6. The van der Waals surface area contributed by atoms with Gasteiger partial charge < -0.3 is 10.1 Å². The Bertz CT molecular complexity index is 620. The molecule has 1 heterocycles. The Kier molecular flexibility index (Phi) is 4.19. The first-order valence-corrected chi connectivity index (χ1v) is 6.00. The number of methoxy groups -OCH3 is 1. The molecule has 0 bridgehead atoms. The maximum Gasteiger partial charge on any atom is 0.339 e. The van der Waals surface area contributed by atoms with Gasteiger partial charge in [-0.1, -0.05) is 23.7 Å². The summed E-state index contributed by atoms with van der Waals surface area (Å²) in [6, 6.07) is 6.83. The molecule has 1 N–H and O–H groups in total. The molecule has 0 saturated carbocycles. The molecule has 0 unspecified atom stereocenters. The van der Waals surface area contributed by atoms with E-state index in [4.69, 9.17) is 27.9 Å². The molecular formula is C12H9Cl2N3O2. The Morgan fingerprint density at radius 3 is 2.79 bits per heavy atom. The van der Waals surface area contributed by atoms with Crippen molar-refractivity contribution in [2.45, 2.75) is 0 Å². The monoisotopic (exact) mass is 297 g/mol. The van der Waals surface area contributed by atoms with Gasteiger partial charge in [-0.2, -0.15) is 4.98 Å². The van der Waals surface area contributed by atoms with Gasteiger partial charge in [0, 0.05) is 0 Å². The van der Waals surface area contributed by atoms with Crippen LogP contribution in [0.2, 0.25) is 10.3 Å². The number of carbonyl (C=O) groups excluding carboxylic acids is 1. The number of nitrogens with zero attached hydrogens (tertiary/aromatic N) is 2. The molecule has 1 aromatic heterocycles. The lowest BCUT2D eigenvalue weighted by molar-refractivity contribution is 0.0602. The quantitative estimate of drug-likeness (QED) is 0.695. The third-order valence-electron chi connectivity index (χ3n) is 2.30. The Morgan fingerprint density at radius 1 is 1.32 bits per heavy atom. The maximum absolute atomic E-state index is 11.6. The summed E-state index contributed by atoms with van der Waals surface area (Å²) >= 11 is 11.6. The van der Waals surface area contributed by atoms with Gasteiger partial charge >= 0.3 is 5.97 Å². The molecule has 0 aliphatic rings. The second-order valence-electron chi connectivity index (χ2n) is 3.50. The van der Waals surface area contributed by atoms with Gasteiger partial charge in [0.1, 0.15) is 5.02 Å². The smallest absolute Gasteiger partial charge is 0.339 e. The van der Waals surface area contributed by atoms with Crippen LogP contribution in [0.3, 0.4) is 0 Å². The lowest BCUT2D eigenvalue weighted by Crippen LogP contribution is -2.06. The van der Waals surface area contributed by atoms with E-state index in [9.17, 15) is 4.79 Å². The number of hydrogen-bond acceptors (Lipinski definition) is 5. The number of ether oxygens (including phenoxy) is 1. The minimum Gasteiger partial charge on any atom is -0.465 e. The van der Waals surface area contributed by atoms with Crippen molar-refractivity contribution < 1.29 is 9.53 Å². The standard InChI is InChI=1S/C12H9Cl2N3O2/c1-19-11(18)7-4-2-3-5-9(7)16-10-8(13)6-15-12(14)17-10/h2-6H,1H3,(H,15,16,17). The Balaban J connectivity index is 2.38. The van der Waals surface area contributed by atoms with Crippen molar-refractivity contribution in [3.63, 3.8) is 0 Å². The van der Waals surface area contributed by atoms with Crippen LogP contribution in [-0.4, -0.2) is 23.0 Å². The number of para-hydroxylation sites is 1. The topological polar surface area (TPSA) is 64.1 Å². The fourth-order valence-corrected chi connectivity index (χ4v) is 1.71. The van der Waals surface area contributed by atoms with Crippen molar-refractivity contribution in [3.8, 4) is 0 Å². The number of hydrogen-bond donors (Lipinski definition) is 1. The zero-order valence-electron chi connectivity index (χ0n) is 9.85. The average molecular weight is 298 g/mol. The lowest BCUT2D eigenvalue weighted by atomic mass is 10.2. The van der Waals surface area contributed by atoms with E-state index in [1.165, 1.54) is 13.3 Å². The zero-order chi connectivity index (χ0) is 13.8. The van der Waals surface area contributed by atoms with Crippen LogP contribution in [0, 0.1) is 0 Å². The van der Waals surface area contributed by atoms with E-state index < -0.39 is 5.97 Å². The van der Waals surface area contributed by atoms with Gasteiger partial charge in [0.15, 0.2) is 5.82 Å². The first kappa shape index (κ1) is 13.6. The van der Waals surface area contributed by atoms with Gasteiger partial charge in [0.05, 0.1) is 24.6 Å². The normalized spacial score (nSPS) is 10.1. The van der Waals surface area contributed by atoms with E-state index in [0.29, 0.717) is 22.1 Å².